The fourth-order valence-corrected chi connectivity index (χ4v) is 8.27. The molecule has 2 atom stereocenters. The van der Waals surface area contributed by atoms with Gasteiger partial charge in [0.05, 0.1) is 111 Å². The minimum atomic E-state index is -1.17. The summed E-state index contributed by atoms with van der Waals surface area (Å²) in [5.74, 6) is -5.40. The Kier molecular flexibility index (Phi) is 42.3. The van der Waals surface area contributed by atoms with Crippen LogP contribution < -0.4 is 66.3 Å². The lowest BCUT2D eigenvalue weighted by molar-refractivity contribution is 0.0965. The van der Waals surface area contributed by atoms with Crippen molar-refractivity contribution in [3.8, 4) is 34.5 Å². The molecule has 0 radical (unpaired) electrons. The Morgan fingerprint density at radius 3 is 0.939 bits per heavy atom. The van der Waals surface area contributed by atoms with Crippen LogP contribution in [-0.2, 0) is 9.47 Å². The van der Waals surface area contributed by atoms with Crippen molar-refractivity contribution < 1.29 is 73.3 Å². The zero-order valence-corrected chi connectivity index (χ0v) is 62.8. The SMILES string of the molecule is [C-]#[N+]c1ccc(O)c(C(=O)NC(N)=NC2CCC2)c1.[C-]#[N+]c1ccc(O)c(C(=O)NC(N)=NCC(C)F)c1.[C-]#[N+]c1ccc(O)c(C(=O)NC(N)=NCCC)c1.[C-]#[N+]c1ccc(O)c(C(=O)NC(N)=NCCC)c1.[C-]#[N+]c1ccc(O)c(C(=O)NC(N)=NCCOCC)c1.[C-]#[N+]c1ccc(O)c(C(=O)NC(N)=N[C@@H](C)COC)c1. The molecule has 7 rings (SSSR count). The van der Waals surface area contributed by atoms with Gasteiger partial charge in [0.25, 0.3) is 35.4 Å². The van der Waals surface area contributed by atoms with Crippen molar-refractivity contribution >= 4 is 105 Å². The van der Waals surface area contributed by atoms with Crippen LogP contribution in [0.25, 0.3) is 29.1 Å². The zero-order valence-electron chi connectivity index (χ0n) is 62.8. The van der Waals surface area contributed by atoms with Gasteiger partial charge in [0.2, 0.25) is 0 Å². The largest absolute Gasteiger partial charge is 0.507 e. The summed E-state index contributed by atoms with van der Waals surface area (Å²) in [6, 6.07) is 23.9. The van der Waals surface area contributed by atoms with Crippen molar-refractivity contribution in [2.45, 2.75) is 85.0 Å². The highest BCUT2D eigenvalue weighted by Gasteiger charge is 2.21. The van der Waals surface area contributed by atoms with Crippen LogP contribution in [0.5, 0.6) is 34.5 Å². The van der Waals surface area contributed by atoms with E-state index in [-0.39, 0.29) is 156 Å². The molecule has 38 nitrogen and oxygen atoms in total. The number of benzene rings is 6. The van der Waals surface area contributed by atoms with Gasteiger partial charge in [-0.05, 0) is 126 Å². The molecule has 1 aliphatic carbocycles. The van der Waals surface area contributed by atoms with Crippen molar-refractivity contribution in [2.75, 3.05) is 53.1 Å². The molecule has 39 heteroatoms. The Balaban J connectivity index is 0.000000464. The van der Waals surface area contributed by atoms with Crippen molar-refractivity contribution in [1.82, 2.24) is 31.9 Å². The first-order chi connectivity index (χ1) is 54.2. The molecule has 6 aromatic rings. The summed E-state index contributed by atoms with van der Waals surface area (Å²) in [6.45, 7) is 52.5. The number of methoxy groups -OCH3 is 1. The highest BCUT2D eigenvalue weighted by molar-refractivity contribution is 6.11. The van der Waals surface area contributed by atoms with Crippen molar-refractivity contribution in [3.05, 3.63) is 211 Å². The topological polar surface area (TPSA) is 571 Å². The summed E-state index contributed by atoms with van der Waals surface area (Å²) < 4.78 is 22.5. The molecule has 598 valence electrons. The van der Waals surface area contributed by atoms with Gasteiger partial charge in [0, 0.05) is 26.8 Å². The van der Waals surface area contributed by atoms with E-state index in [0.717, 1.165) is 32.1 Å². The Hall–Kier alpha value is -15.5. The maximum Gasteiger partial charge on any atom is 0.260 e. The number of guanidine groups is 6. The average Bonchev–Trinajstić information content (AvgIpc) is 1.02. The molecular weight excluding hydrogens is 1480 g/mol. The first kappa shape index (κ1) is 94.6. The number of alkyl halides is 1. The van der Waals surface area contributed by atoms with Crippen molar-refractivity contribution in [1.29, 1.82) is 0 Å². The van der Waals surface area contributed by atoms with E-state index in [1.807, 2.05) is 20.8 Å². The highest BCUT2D eigenvalue weighted by atomic mass is 19.1. The second-order valence-electron chi connectivity index (χ2n) is 23.0. The van der Waals surface area contributed by atoms with Crippen LogP contribution in [0.3, 0.4) is 0 Å². The van der Waals surface area contributed by atoms with Crippen molar-refractivity contribution in [2.24, 2.45) is 64.4 Å². The first-order valence-corrected chi connectivity index (χ1v) is 33.9. The third-order valence-electron chi connectivity index (χ3n) is 14.0. The van der Waals surface area contributed by atoms with E-state index in [1.165, 1.54) is 123 Å². The number of hydrogen-bond donors (Lipinski definition) is 18. The average molecular weight is 1570 g/mol. The summed E-state index contributed by atoms with van der Waals surface area (Å²) in [5, 5.41) is 71.4. The van der Waals surface area contributed by atoms with E-state index in [4.69, 9.17) is 83.3 Å². The predicted octanol–water partition coefficient (Wildman–Crippen LogP) is 7.73. The summed E-state index contributed by atoms with van der Waals surface area (Å²) in [5.41, 5.74) is 34.5. The lowest BCUT2D eigenvalue weighted by Crippen LogP contribution is -2.38. The molecule has 6 amide bonds. The van der Waals surface area contributed by atoms with Crippen LogP contribution >= 0.6 is 0 Å². The number of nitrogens with one attached hydrogen (secondary N) is 6. The van der Waals surface area contributed by atoms with E-state index >= 15 is 0 Å². The van der Waals surface area contributed by atoms with Crippen LogP contribution in [0, 0.1) is 39.4 Å². The Labute approximate surface area is 655 Å². The standard InChI is InChI=1S/2C13H16N4O3.C13H14N4O2.C12H13FN4O2.2C12H14N4O2/c1-8(7-20-3)16-13(14)17-12(19)10-6-9(15-2)4-5-11(10)18;1-3-20-7-6-16-13(14)17-12(19)10-8-9(15-2)4-5-11(10)18;1-15-9-5-6-11(18)10(7-9)12(19)17-13(14)16-8-3-2-4-8;1-7(13)6-16-12(14)17-11(19)9-5-8(15-2)3-4-10(9)18;2*1-3-6-15-12(13)16-11(18)9-7-8(14-2)4-5-10(9)17/h4-6,8,18H,7H2,1,3H3,(H3,14,16,17,19);4-5,8,18H,3,6-7H2,1H3,(H3,14,16,17,19);5-8,18H,2-4H2,(H3,14,16,17,19);3-5,7,18H,6H2,1H3,(H3,14,16,17,19);2*4-5,7,17H,3,6H2,1H3,(H3,13,15,16,18)/t8-;;;;;/m0...../s1. The van der Waals surface area contributed by atoms with Gasteiger partial charge < -0.3 is 74.5 Å². The van der Waals surface area contributed by atoms with Gasteiger partial charge in [-0.2, -0.15) is 0 Å². The molecule has 0 bridgehead atoms. The number of phenolic OH excluding ortho intramolecular Hbond substituents is 6. The van der Waals surface area contributed by atoms with Crippen LogP contribution in [0.1, 0.15) is 129 Å². The molecule has 0 heterocycles. The number of amides is 6. The van der Waals surface area contributed by atoms with Gasteiger partial charge in [-0.25, -0.2) is 43.4 Å². The van der Waals surface area contributed by atoms with Gasteiger partial charge in [-0.3, -0.25) is 80.6 Å². The Morgan fingerprint density at radius 1 is 0.439 bits per heavy atom. The number of halogens is 1. The fraction of sp³-hybridized carbons (Fsp3) is 0.280. The normalized spacial score (nSPS) is 12.2. The number of nitrogens with zero attached hydrogens (tertiary/aromatic N) is 12. The number of ether oxygens (including phenoxy) is 2. The maximum absolute atomic E-state index is 12.5. The second-order valence-corrected chi connectivity index (χ2v) is 23.0. The predicted molar refractivity (Wildman–Crippen MR) is 427 cm³/mol. The quantitative estimate of drug-likeness (QED) is 0.0150. The monoisotopic (exact) mass is 1570 g/mol. The van der Waals surface area contributed by atoms with E-state index in [2.05, 4.69) is 90.9 Å². The van der Waals surface area contributed by atoms with Gasteiger partial charge in [-0.1, -0.05) is 50.2 Å². The Bertz CT molecular complexity index is 4710. The van der Waals surface area contributed by atoms with E-state index in [0.29, 0.717) is 39.5 Å². The van der Waals surface area contributed by atoms with Gasteiger partial charge in [-0.15, -0.1) is 0 Å². The van der Waals surface area contributed by atoms with Crippen LogP contribution in [-0.4, -0.2) is 173 Å². The summed E-state index contributed by atoms with van der Waals surface area (Å²) in [7, 11) is 1.54. The number of aromatic hydroxyl groups is 6. The van der Waals surface area contributed by atoms with E-state index in [9.17, 15) is 63.8 Å². The fourth-order valence-electron chi connectivity index (χ4n) is 8.27. The molecular formula is C75H87FN24O14. The summed E-state index contributed by atoms with van der Waals surface area (Å²) in [4.78, 5) is 114. The molecule has 0 aromatic heterocycles. The molecule has 1 fully saturated rings. The summed E-state index contributed by atoms with van der Waals surface area (Å²) >= 11 is 0. The number of carbonyl (C=O) groups excluding carboxylic acids is 6. The third kappa shape index (κ3) is 35.1. The number of carbonyl (C=O) groups is 6. The molecule has 0 saturated heterocycles. The minimum Gasteiger partial charge on any atom is -0.507 e. The number of rotatable bonds is 20. The number of hydrogen-bond acceptors (Lipinski definition) is 20. The first-order valence-electron chi connectivity index (χ1n) is 33.9. The highest BCUT2D eigenvalue weighted by Crippen LogP contribution is 2.29. The van der Waals surface area contributed by atoms with Gasteiger partial charge >= 0.3 is 0 Å². The molecule has 1 aliphatic rings. The van der Waals surface area contributed by atoms with Crippen LogP contribution in [0.2, 0.25) is 0 Å². The second kappa shape index (κ2) is 51.0. The zero-order chi connectivity index (χ0) is 85.4. The maximum atomic E-state index is 12.5. The van der Waals surface area contributed by atoms with E-state index in [1.54, 1.807) is 6.92 Å². The molecule has 0 aliphatic heterocycles. The van der Waals surface area contributed by atoms with Crippen molar-refractivity contribution in [3.63, 3.8) is 0 Å². The molecule has 6 aromatic carbocycles. The Morgan fingerprint density at radius 2 is 0.702 bits per heavy atom. The lowest BCUT2D eigenvalue weighted by atomic mass is 9.94. The van der Waals surface area contributed by atoms with Crippen LogP contribution in [0.15, 0.2) is 139 Å². The number of phenols is 6. The minimum absolute atomic E-state index is 0.00171. The van der Waals surface area contributed by atoms with Gasteiger partial charge in [0.1, 0.15) is 40.7 Å². The molecule has 24 N–H and O–H groups in total. The molecule has 1 unspecified atom stereocenters. The van der Waals surface area contributed by atoms with E-state index < -0.39 is 41.6 Å². The molecule has 0 spiro atoms. The smallest absolute Gasteiger partial charge is 0.260 e. The summed E-state index contributed by atoms with van der Waals surface area (Å²) in [6.07, 6.45) is 3.55. The van der Waals surface area contributed by atoms with Gasteiger partial charge in [0.15, 0.2) is 69.9 Å². The number of aliphatic imine (C=N–C) groups is 6. The molecule has 1 saturated carbocycles. The number of nitrogens with two attached hydrogens (primary N) is 6. The third-order valence-corrected chi connectivity index (χ3v) is 14.0. The van der Waals surface area contributed by atoms with Crippen LogP contribution in [0.4, 0.5) is 38.5 Å². The molecule has 114 heavy (non-hydrogen) atoms. The lowest BCUT2D eigenvalue weighted by Gasteiger charge is -2.21.